The third kappa shape index (κ3) is 2.33. The molecular weight excluding hydrogens is 244 g/mol. The van der Waals surface area contributed by atoms with Crippen molar-refractivity contribution in [2.45, 2.75) is 13.3 Å². The van der Waals surface area contributed by atoms with Gasteiger partial charge in [-0.1, -0.05) is 13.0 Å². The summed E-state index contributed by atoms with van der Waals surface area (Å²) in [6.07, 6.45) is 0.395. The van der Waals surface area contributed by atoms with Gasteiger partial charge in [-0.15, -0.1) is 0 Å². The lowest BCUT2D eigenvalue weighted by atomic mass is 9.88. The number of fused-ring (bicyclic) bond motifs is 1. The maximum Gasteiger partial charge on any atom is 0.251 e. The second-order valence-corrected chi connectivity index (χ2v) is 5.58. The number of amides is 2. The molecule has 2 heterocycles. The standard InChI is InChI=1S/C14H16N2O3/c1-14(7-19-8-14)6-15-13(18)10-3-2-9-5-12(17)16-11(9)4-10/h2-4H,5-8H2,1H3,(H,15,18)(H,16,17). The summed E-state index contributed by atoms with van der Waals surface area (Å²) in [5.74, 6) is -0.135. The quantitative estimate of drug-likeness (QED) is 0.850. The van der Waals surface area contributed by atoms with Gasteiger partial charge in [0.15, 0.2) is 0 Å². The van der Waals surface area contributed by atoms with Crippen molar-refractivity contribution >= 4 is 17.5 Å². The summed E-state index contributed by atoms with van der Waals surface area (Å²) in [4.78, 5) is 23.3. The first kappa shape index (κ1) is 12.2. The van der Waals surface area contributed by atoms with Crippen LogP contribution in [-0.2, 0) is 16.0 Å². The van der Waals surface area contributed by atoms with E-state index < -0.39 is 0 Å². The molecule has 1 aromatic rings. The number of hydrogen-bond donors (Lipinski definition) is 2. The average Bonchev–Trinajstić information content (AvgIpc) is 2.72. The maximum atomic E-state index is 12.0. The van der Waals surface area contributed by atoms with E-state index in [2.05, 4.69) is 17.6 Å². The molecule has 1 fully saturated rings. The van der Waals surface area contributed by atoms with Crippen molar-refractivity contribution in [1.82, 2.24) is 5.32 Å². The van der Waals surface area contributed by atoms with Gasteiger partial charge in [-0.25, -0.2) is 0 Å². The Morgan fingerprint density at radius 2 is 2.26 bits per heavy atom. The number of hydrogen-bond acceptors (Lipinski definition) is 3. The molecule has 1 aromatic carbocycles. The number of carbonyl (C=O) groups is 2. The van der Waals surface area contributed by atoms with Crippen molar-refractivity contribution in [3.8, 4) is 0 Å². The van der Waals surface area contributed by atoms with E-state index in [1.807, 2.05) is 6.07 Å². The molecular formula is C14H16N2O3. The Bertz CT molecular complexity index is 550. The Balaban J connectivity index is 1.67. The normalized spacial score (nSPS) is 19.3. The van der Waals surface area contributed by atoms with Gasteiger partial charge in [0.2, 0.25) is 5.91 Å². The van der Waals surface area contributed by atoms with E-state index in [1.165, 1.54) is 0 Å². The Hall–Kier alpha value is -1.88. The molecule has 0 aliphatic carbocycles. The van der Waals surface area contributed by atoms with Crippen molar-refractivity contribution in [2.75, 3.05) is 25.1 Å². The highest BCUT2D eigenvalue weighted by molar-refractivity contribution is 6.02. The van der Waals surface area contributed by atoms with Crippen molar-refractivity contribution in [1.29, 1.82) is 0 Å². The SMILES string of the molecule is CC1(CNC(=O)c2ccc3c(c2)NC(=O)C3)COC1. The van der Waals surface area contributed by atoms with E-state index in [0.29, 0.717) is 31.7 Å². The van der Waals surface area contributed by atoms with E-state index >= 15 is 0 Å². The Labute approximate surface area is 111 Å². The van der Waals surface area contributed by atoms with Crippen LogP contribution in [0.2, 0.25) is 0 Å². The summed E-state index contributed by atoms with van der Waals surface area (Å²) < 4.78 is 5.15. The number of anilines is 1. The van der Waals surface area contributed by atoms with Crippen LogP contribution in [0.1, 0.15) is 22.8 Å². The summed E-state index contributed by atoms with van der Waals surface area (Å²) in [5.41, 5.74) is 2.32. The van der Waals surface area contributed by atoms with Gasteiger partial charge in [-0.3, -0.25) is 9.59 Å². The van der Waals surface area contributed by atoms with Crippen LogP contribution < -0.4 is 10.6 Å². The smallest absolute Gasteiger partial charge is 0.251 e. The van der Waals surface area contributed by atoms with Crippen LogP contribution in [0, 0.1) is 5.41 Å². The molecule has 0 spiro atoms. The van der Waals surface area contributed by atoms with Gasteiger partial charge < -0.3 is 15.4 Å². The van der Waals surface area contributed by atoms with Crippen LogP contribution in [0.5, 0.6) is 0 Å². The first-order valence-corrected chi connectivity index (χ1v) is 6.34. The van der Waals surface area contributed by atoms with Gasteiger partial charge in [-0.05, 0) is 17.7 Å². The van der Waals surface area contributed by atoms with Gasteiger partial charge in [-0.2, -0.15) is 0 Å². The molecule has 0 unspecified atom stereocenters. The number of carbonyl (C=O) groups excluding carboxylic acids is 2. The van der Waals surface area contributed by atoms with Gasteiger partial charge in [0, 0.05) is 23.2 Å². The largest absolute Gasteiger partial charge is 0.380 e. The zero-order valence-corrected chi connectivity index (χ0v) is 10.8. The van der Waals surface area contributed by atoms with Crippen molar-refractivity contribution in [3.05, 3.63) is 29.3 Å². The molecule has 5 nitrogen and oxygen atoms in total. The van der Waals surface area contributed by atoms with Crippen LogP contribution in [-0.4, -0.2) is 31.6 Å². The van der Waals surface area contributed by atoms with Crippen molar-refractivity contribution in [2.24, 2.45) is 5.41 Å². The predicted molar refractivity (Wildman–Crippen MR) is 70.0 cm³/mol. The summed E-state index contributed by atoms with van der Waals surface area (Å²) in [6, 6.07) is 5.32. The Kier molecular flexibility index (Phi) is 2.78. The molecule has 0 saturated carbocycles. The van der Waals surface area contributed by atoms with Crippen LogP contribution >= 0.6 is 0 Å². The molecule has 5 heteroatoms. The van der Waals surface area contributed by atoms with E-state index in [9.17, 15) is 9.59 Å². The highest BCUT2D eigenvalue weighted by Gasteiger charge is 2.33. The zero-order valence-electron chi connectivity index (χ0n) is 10.8. The third-order valence-electron chi connectivity index (χ3n) is 3.57. The number of ether oxygens (including phenoxy) is 1. The van der Waals surface area contributed by atoms with Gasteiger partial charge >= 0.3 is 0 Å². The molecule has 0 aromatic heterocycles. The van der Waals surface area contributed by atoms with Crippen molar-refractivity contribution < 1.29 is 14.3 Å². The van der Waals surface area contributed by atoms with Gasteiger partial charge in [0.1, 0.15) is 0 Å². The zero-order chi connectivity index (χ0) is 13.5. The second kappa shape index (κ2) is 4.35. The first-order chi connectivity index (χ1) is 9.06. The molecule has 3 rings (SSSR count). The average molecular weight is 260 g/mol. The fraction of sp³-hybridized carbons (Fsp3) is 0.429. The van der Waals surface area contributed by atoms with Crippen LogP contribution in [0.25, 0.3) is 0 Å². The molecule has 2 aliphatic heterocycles. The van der Waals surface area contributed by atoms with Crippen LogP contribution in [0.15, 0.2) is 18.2 Å². The number of rotatable bonds is 3. The van der Waals surface area contributed by atoms with Gasteiger partial charge in [0.05, 0.1) is 19.6 Å². The minimum atomic E-state index is -0.114. The lowest BCUT2D eigenvalue weighted by Gasteiger charge is -2.38. The molecule has 2 N–H and O–H groups in total. The van der Waals surface area contributed by atoms with E-state index in [-0.39, 0.29) is 17.2 Å². The molecule has 2 aliphatic rings. The Morgan fingerprint density at radius 3 is 2.95 bits per heavy atom. The molecule has 0 atom stereocenters. The topological polar surface area (TPSA) is 67.4 Å². The molecule has 2 amide bonds. The lowest BCUT2D eigenvalue weighted by molar-refractivity contribution is -0.115. The second-order valence-electron chi connectivity index (χ2n) is 5.58. The number of benzene rings is 1. The predicted octanol–water partition coefficient (Wildman–Crippen LogP) is 0.948. The van der Waals surface area contributed by atoms with E-state index in [1.54, 1.807) is 12.1 Å². The minimum Gasteiger partial charge on any atom is -0.380 e. The monoisotopic (exact) mass is 260 g/mol. The highest BCUT2D eigenvalue weighted by atomic mass is 16.5. The number of nitrogens with one attached hydrogen (secondary N) is 2. The molecule has 19 heavy (non-hydrogen) atoms. The fourth-order valence-corrected chi connectivity index (χ4v) is 2.30. The maximum absolute atomic E-state index is 12.0. The first-order valence-electron chi connectivity index (χ1n) is 6.34. The highest BCUT2D eigenvalue weighted by Crippen LogP contribution is 2.26. The van der Waals surface area contributed by atoms with Crippen LogP contribution in [0.4, 0.5) is 5.69 Å². The summed E-state index contributed by atoms with van der Waals surface area (Å²) in [5, 5.41) is 5.66. The van der Waals surface area contributed by atoms with Gasteiger partial charge in [0.25, 0.3) is 5.91 Å². The summed E-state index contributed by atoms with van der Waals surface area (Å²) >= 11 is 0. The van der Waals surface area contributed by atoms with E-state index in [4.69, 9.17) is 4.74 Å². The third-order valence-corrected chi connectivity index (χ3v) is 3.57. The van der Waals surface area contributed by atoms with Crippen LogP contribution in [0.3, 0.4) is 0 Å². The summed E-state index contributed by atoms with van der Waals surface area (Å²) in [6.45, 7) is 4.07. The van der Waals surface area contributed by atoms with E-state index in [0.717, 1.165) is 11.3 Å². The van der Waals surface area contributed by atoms with Crippen molar-refractivity contribution in [3.63, 3.8) is 0 Å². The summed E-state index contributed by atoms with van der Waals surface area (Å²) in [7, 11) is 0. The lowest BCUT2D eigenvalue weighted by Crippen LogP contribution is -2.48. The fourth-order valence-electron chi connectivity index (χ4n) is 2.30. The molecule has 0 bridgehead atoms. The molecule has 1 saturated heterocycles. The minimum absolute atomic E-state index is 0.0216. The molecule has 100 valence electrons. The Morgan fingerprint density at radius 1 is 1.47 bits per heavy atom. The molecule has 0 radical (unpaired) electrons.